The van der Waals surface area contributed by atoms with Gasteiger partial charge in [0.05, 0.1) is 5.69 Å². The second-order valence-electron chi connectivity index (χ2n) is 5.78. The highest BCUT2D eigenvalue weighted by molar-refractivity contribution is 6.03. The zero-order chi connectivity index (χ0) is 18.0. The number of benzene rings is 2. The highest BCUT2D eigenvalue weighted by Crippen LogP contribution is 2.21. The van der Waals surface area contributed by atoms with Crippen LogP contribution >= 0.6 is 0 Å². The number of amides is 2. The minimum absolute atomic E-state index is 0.405. The molecule has 25 heavy (non-hydrogen) atoms. The van der Waals surface area contributed by atoms with Gasteiger partial charge in [-0.25, -0.2) is 13.2 Å². The zero-order valence-electron chi connectivity index (χ0n) is 13.2. The van der Waals surface area contributed by atoms with Crippen LogP contribution in [0.15, 0.2) is 36.4 Å². The normalized spacial score (nSPS) is 13.3. The lowest BCUT2D eigenvalue weighted by molar-refractivity contribution is -0.135. The van der Waals surface area contributed by atoms with Crippen molar-refractivity contribution in [2.75, 3.05) is 11.9 Å². The molecule has 7 heteroatoms. The molecule has 0 radical (unpaired) electrons. The topological polar surface area (TPSA) is 49.4 Å². The van der Waals surface area contributed by atoms with Crippen LogP contribution in [0.5, 0.6) is 0 Å². The van der Waals surface area contributed by atoms with E-state index < -0.39 is 41.4 Å². The fourth-order valence-electron chi connectivity index (χ4n) is 2.77. The Balaban J connectivity index is 1.62. The van der Waals surface area contributed by atoms with E-state index >= 15 is 0 Å². The molecule has 3 rings (SSSR count). The van der Waals surface area contributed by atoms with E-state index in [0.29, 0.717) is 25.6 Å². The molecule has 2 aromatic carbocycles. The number of nitrogens with one attached hydrogen (secondary N) is 1. The van der Waals surface area contributed by atoms with Crippen molar-refractivity contribution in [2.24, 2.45) is 0 Å². The van der Waals surface area contributed by atoms with Gasteiger partial charge in [-0.05, 0) is 29.7 Å². The van der Waals surface area contributed by atoms with Crippen LogP contribution in [0.25, 0.3) is 0 Å². The van der Waals surface area contributed by atoms with Crippen LogP contribution in [0.2, 0.25) is 0 Å². The van der Waals surface area contributed by atoms with Crippen LogP contribution in [0.1, 0.15) is 17.5 Å². The standard InChI is InChI=1S/C18H15F3N2O2/c19-13-5-6-14(18(21)17(13)20)22-15(24)9-16(25)23-8-7-11-3-1-2-4-12(11)10-23/h1-6H,7-10H2,(H,22,24). The molecule has 1 heterocycles. The van der Waals surface area contributed by atoms with Crippen molar-refractivity contribution in [1.82, 2.24) is 4.90 Å². The fraction of sp³-hybridized carbons (Fsp3) is 0.222. The van der Waals surface area contributed by atoms with Gasteiger partial charge in [-0.15, -0.1) is 0 Å². The molecule has 1 aliphatic heterocycles. The van der Waals surface area contributed by atoms with Crippen LogP contribution in [0, 0.1) is 17.5 Å². The third kappa shape index (κ3) is 3.65. The Kier molecular flexibility index (Phi) is 4.74. The minimum Gasteiger partial charge on any atom is -0.338 e. The molecule has 2 aromatic rings. The third-order valence-corrected chi connectivity index (χ3v) is 4.10. The average Bonchev–Trinajstić information content (AvgIpc) is 2.61. The molecule has 0 saturated heterocycles. The fourth-order valence-corrected chi connectivity index (χ4v) is 2.77. The molecule has 0 bridgehead atoms. The van der Waals surface area contributed by atoms with Crippen molar-refractivity contribution in [3.05, 3.63) is 65.0 Å². The zero-order valence-corrected chi connectivity index (χ0v) is 13.2. The lowest BCUT2D eigenvalue weighted by Crippen LogP contribution is -2.37. The first-order valence-electron chi connectivity index (χ1n) is 7.73. The summed E-state index contributed by atoms with van der Waals surface area (Å²) in [6.07, 6.45) is 0.196. The quantitative estimate of drug-likeness (QED) is 0.685. The van der Waals surface area contributed by atoms with Gasteiger partial charge in [0.2, 0.25) is 11.8 Å². The number of anilines is 1. The number of nitrogens with zero attached hydrogens (tertiary/aromatic N) is 1. The monoisotopic (exact) mass is 348 g/mol. The Hall–Kier alpha value is -2.83. The van der Waals surface area contributed by atoms with Crippen molar-refractivity contribution < 1.29 is 22.8 Å². The van der Waals surface area contributed by atoms with Crippen molar-refractivity contribution in [3.8, 4) is 0 Å². The number of hydrogen-bond donors (Lipinski definition) is 1. The highest BCUT2D eigenvalue weighted by Gasteiger charge is 2.23. The van der Waals surface area contributed by atoms with E-state index in [-0.39, 0.29) is 0 Å². The molecule has 0 fully saturated rings. The van der Waals surface area contributed by atoms with Gasteiger partial charge in [0, 0.05) is 13.1 Å². The van der Waals surface area contributed by atoms with Gasteiger partial charge in [0.15, 0.2) is 17.5 Å². The summed E-state index contributed by atoms with van der Waals surface area (Å²) in [6.45, 7) is 0.893. The van der Waals surface area contributed by atoms with Gasteiger partial charge in [0.25, 0.3) is 0 Å². The molecule has 4 nitrogen and oxygen atoms in total. The largest absolute Gasteiger partial charge is 0.338 e. The van der Waals surface area contributed by atoms with Gasteiger partial charge >= 0.3 is 0 Å². The van der Waals surface area contributed by atoms with Gasteiger partial charge < -0.3 is 10.2 Å². The summed E-state index contributed by atoms with van der Waals surface area (Å²) in [7, 11) is 0. The van der Waals surface area contributed by atoms with Crippen LogP contribution in [-0.4, -0.2) is 23.3 Å². The third-order valence-electron chi connectivity index (χ3n) is 4.10. The van der Waals surface area contributed by atoms with E-state index in [1.165, 1.54) is 5.56 Å². The van der Waals surface area contributed by atoms with Gasteiger partial charge in [0.1, 0.15) is 6.42 Å². The van der Waals surface area contributed by atoms with Crippen LogP contribution in [0.4, 0.5) is 18.9 Å². The predicted molar refractivity (Wildman–Crippen MR) is 85.1 cm³/mol. The average molecular weight is 348 g/mol. The number of hydrogen-bond acceptors (Lipinski definition) is 2. The first-order chi connectivity index (χ1) is 12.0. The van der Waals surface area contributed by atoms with Gasteiger partial charge in [-0.3, -0.25) is 9.59 Å². The van der Waals surface area contributed by atoms with E-state index in [9.17, 15) is 22.8 Å². The van der Waals surface area contributed by atoms with E-state index in [0.717, 1.165) is 11.6 Å². The van der Waals surface area contributed by atoms with E-state index in [2.05, 4.69) is 5.32 Å². The first-order valence-corrected chi connectivity index (χ1v) is 7.73. The molecule has 130 valence electrons. The maximum Gasteiger partial charge on any atom is 0.233 e. The lowest BCUT2D eigenvalue weighted by Gasteiger charge is -2.28. The summed E-state index contributed by atoms with van der Waals surface area (Å²) >= 11 is 0. The molecule has 0 aliphatic carbocycles. The maximum absolute atomic E-state index is 13.6. The molecular weight excluding hydrogens is 333 g/mol. The number of carbonyl (C=O) groups is 2. The smallest absolute Gasteiger partial charge is 0.233 e. The summed E-state index contributed by atoms with van der Waals surface area (Å²) in [5.41, 5.74) is 1.69. The summed E-state index contributed by atoms with van der Waals surface area (Å²) in [5.74, 6) is -5.70. The molecule has 0 atom stereocenters. The Morgan fingerprint density at radius 1 is 1.00 bits per heavy atom. The second-order valence-corrected chi connectivity index (χ2v) is 5.78. The van der Waals surface area contributed by atoms with Crippen LogP contribution in [0.3, 0.4) is 0 Å². The number of carbonyl (C=O) groups excluding carboxylic acids is 2. The van der Waals surface area contributed by atoms with Crippen molar-refractivity contribution in [2.45, 2.75) is 19.4 Å². The molecule has 2 amide bonds. The lowest BCUT2D eigenvalue weighted by atomic mass is 10.00. The van der Waals surface area contributed by atoms with E-state index in [1.54, 1.807) is 4.90 Å². The SMILES string of the molecule is O=C(CC(=O)N1CCc2ccccc2C1)Nc1ccc(F)c(F)c1F. The summed E-state index contributed by atoms with van der Waals surface area (Å²) in [5, 5.41) is 2.10. The molecule has 1 N–H and O–H groups in total. The predicted octanol–water partition coefficient (Wildman–Crippen LogP) is 3.02. The van der Waals surface area contributed by atoms with Crippen LogP contribution in [-0.2, 0) is 22.6 Å². The maximum atomic E-state index is 13.6. The number of halogens is 3. The molecule has 0 saturated carbocycles. The van der Waals surface area contributed by atoms with Crippen molar-refractivity contribution in [3.63, 3.8) is 0 Å². The second kappa shape index (κ2) is 6.96. The Labute approximate surface area is 142 Å². The Morgan fingerprint density at radius 2 is 1.72 bits per heavy atom. The Bertz CT molecular complexity index is 839. The van der Waals surface area contributed by atoms with E-state index in [1.807, 2.05) is 24.3 Å². The van der Waals surface area contributed by atoms with Crippen molar-refractivity contribution >= 4 is 17.5 Å². The summed E-state index contributed by atoms with van der Waals surface area (Å²) in [4.78, 5) is 25.7. The van der Waals surface area contributed by atoms with E-state index in [4.69, 9.17) is 0 Å². The molecule has 0 spiro atoms. The molecule has 1 aliphatic rings. The summed E-state index contributed by atoms with van der Waals surface area (Å²) < 4.78 is 39.6. The molecule has 0 unspecified atom stereocenters. The highest BCUT2D eigenvalue weighted by atomic mass is 19.2. The summed E-state index contributed by atoms with van der Waals surface area (Å²) in [6, 6.07) is 9.34. The molecular formula is C18H15F3N2O2. The Morgan fingerprint density at radius 3 is 2.48 bits per heavy atom. The van der Waals surface area contributed by atoms with Crippen molar-refractivity contribution in [1.29, 1.82) is 0 Å². The van der Waals surface area contributed by atoms with Gasteiger partial charge in [-0.1, -0.05) is 24.3 Å². The van der Waals surface area contributed by atoms with Crippen LogP contribution < -0.4 is 5.32 Å². The molecule has 0 aromatic heterocycles. The number of fused-ring (bicyclic) bond motifs is 1. The number of rotatable bonds is 3. The minimum atomic E-state index is -1.67. The van der Waals surface area contributed by atoms with Gasteiger partial charge in [-0.2, -0.15) is 0 Å². The first kappa shape index (κ1) is 17.0.